The molecule has 0 unspecified atom stereocenters. The number of para-hydroxylation sites is 1. The molecule has 0 aliphatic rings. The number of benzene rings is 1. The molecule has 2 heterocycles. The number of thiazole rings is 1. The molecule has 0 saturated carbocycles. The highest BCUT2D eigenvalue weighted by molar-refractivity contribution is 7.15. The number of carbonyl (C=O) groups is 1. The highest BCUT2D eigenvalue weighted by Crippen LogP contribution is 2.19. The minimum Gasteiger partial charge on any atom is -0.494 e. The fraction of sp³-hybridized carbons (Fsp3) is 0.316. The van der Waals surface area contributed by atoms with Crippen LogP contribution in [0.2, 0.25) is 0 Å². The minimum absolute atomic E-state index is 0.00533. The van der Waals surface area contributed by atoms with Crippen LogP contribution in [0, 0.1) is 6.92 Å². The molecule has 6 nitrogen and oxygen atoms in total. The fourth-order valence-corrected chi connectivity index (χ4v) is 3.54. The van der Waals surface area contributed by atoms with Crippen molar-refractivity contribution in [2.45, 2.75) is 33.3 Å². The van der Waals surface area contributed by atoms with Crippen LogP contribution in [-0.2, 0) is 22.6 Å². The molecule has 0 saturated heterocycles. The van der Waals surface area contributed by atoms with Gasteiger partial charge >= 0.3 is 5.97 Å². The molecular formula is C19H20N2O4S. The molecule has 2 aromatic heterocycles. The Bertz CT molecular complexity index is 977. The summed E-state index contributed by atoms with van der Waals surface area (Å²) >= 11 is 1.39. The molecule has 0 spiro atoms. The highest BCUT2D eigenvalue weighted by atomic mass is 32.1. The number of ether oxygens (including phenoxy) is 2. The van der Waals surface area contributed by atoms with E-state index in [2.05, 4.69) is 4.98 Å². The molecule has 0 fully saturated rings. The lowest BCUT2D eigenvalue weighted by atomic mass is 10.1. The second-order valence-electron chi connectivity index (χ2n) is 5.78. The van der Waals surface area contributed by atoms with E-state index >= 15 is 0 Å². The summed E-state index contributed by atoms with van der Waals surface area (Å²) in [7, 11) is 0. The lowest BCUT2D eigenvalue weighted by Crippen LogP contribution is -2.16. The van der Waals surface area contributed by atoms with Gasteiger partial charge in [-0.25, -0.2) is 4.98 Å². The zero-order valence-electron chi connectivity index (χ0n) is 14.7. The monoisotopic (exact) mass is 372 g/mol. The molecule has 3 rings (SSSR count). The number of rotatable bonds is 7. The summed E-state index contributed by atoms with van der Waals surface area (Å²) < 4.78 is 12.4. The molecule has 26 heavy (non-hydrogen) atoms. The number of carbonyl (C=O) groups excluding carboxylic acids is 1. The summed E-state index contributed by atoms with van der Waals surface area (Å²) in [6.07, 6.45) is 0.775. The van der Waals surface area contributed by atoms with Gasteiger partial charge in [-0.2, -0.15) is 0 Å². The molecule has 0 atom stereocenters. The largest absolute Gasteiger partial charge is 0.494 e. The molecule has 136 valence electrons. The summed E-state index contributed by atoms with van der Waals surface area (Å²) in [5.41, 5.74) is 2.11. The van der Waals surface area contributed by atoms with Gasteiger partial charge in [0, 0.05) is 23.6 Å². The van der Waals surface area contributed by atoms with Crippen molar-refractivity contribution in [3.8, 4) is 5.75 Å². The number of fused-ring (bicyclic) bond motifs is 1. The number of hydrogen-bond acceptors (Lipinski definition) is 6. The molecule has 7 heteroatoms. The van der Waals surface area contributed by atoms with Crippen LogP contribution in [0.3, 0.4) is 0 Å². The van der Waals surface area contributed by atoms with Gasteiger partial charge in [0.05, 0.1) is 12.3 Å². The summed E-state index contributed by atoms with van der Waals surface area (Å²) in [6, 6.07) is 9.05. The standard InChI is InChI=1S/C19H20N2O4S/c1-3-24-16-7-5-4-6-14(16)8-9-18(23)25-11-15-10-17(22)21-13(2)12-26-19(21)20-15/h4-7,10,12H,3,8-9,11H2,1-2H3. The first kappa shape index (κ1) is 18.1. The Morgan fingerprint density at radius 1 is 1.31 bits per heavy atom. The lowest BCUT2D eigenvalue weighted by molar-refractivity contribution is -0.145. The van der Waals surface area contributed by atoms with Gasteiger partial charge in [-0.15, -0.1) is 11.3 Å². The van der Waals surface area contributed by atoms with Crippen molar-refractivity contribution in [1.29, 1.82) is 0 Å². The van der Waals surface area contributed by atoms with E-state index in [1.54, 1.807) is 4.40 Å². The van der Waals surface area contributed by atoms with Crippen molar-refractivity contribution < 1.29 is 14.3 Å². The average molecular weight is 372 g/mol. The van der Waals surface area contributed by atoms with Gasteiger partial charge < -0.3 is 9.47 Å². The predicted octanol–water partition coefficient (Wildman–Crippen LogP) is 3.14. The third-order valence-corrected chi connectivity index (χ3v) is 4.82. The van der Waals surface area contributed by atoms with Gasteiger partial charge in [0.1, 0.15) is 12.4 Å². The first-order chi connectivity index (χ1) is 12.6. The molecule has 0 aliphatic carbocycles. The fourth-order valence-electron chi connectivity index (χ4n) is 2.64. The van der Waals surface area contributed by atoms with Gasteiger partial charge in [-0.3, -0.25) is 14.0 Å². The number of aryl methyl sites for hydroxylation is 2. The quantitative estimate of drug-likeness (QED) is 0.596. The average Bonchev–Trinajstić information content (AvgIpc) is 3.01. The number of nitrogens with zero attached hydrogens (tertiary/aromatic N) is 2. The third kappa shape index (κ3) is 4.11. The van der Waals surface area contributed by atoms with Crippen LogP contribution < -0.4 is 10.3 Å². The van der Waals surface area contributed by atoms with Crippen LogP contribution in [0.5, 0.6) is 5.75 Å². The van der Waals surface area contributed by atoms with Crippen LogP contribution in [0.1, 0.15) is 30.3 Å². The molecule has 0 N–H and O–H groups in total. The summed E-state index contributed by atoms with van der Waals surface area (Å²) in [5, 5.41) is 1.87. The second kappa shape index (κ2) is 8.14. The molecule has 0 radical (unpaired) electrons. The Hall–Kier alpha value is -2.67. The summed E-state index contributed by atoms with van der Waals surface area (Å²) in [4.78, 5) is 29.1. The van der Waals surface area contributed by atoms with E-state index in [1.807, 2.05) is 43.5 Å². The predicted molar refractivity (Wildman–Crippen MR) is 99.8 cm³/mol. The van der Waals surface area contributed by atoms with Crippen LogP contribution in [0.25, 0.3) is 4.96 Å². The van der Waals surface area contributed by atoms with Crippen LogP contribution in [-0.4, -0.2) is 22.0 Å². The second-order valence-corrected chi connectivity index (χ2v) is 6.62. The Kier molecular flexibility index (Phi) is 5.68. The van der Waals surface area contributed by atoms with Crippen LogP contribution in [0.4, 0.5) is 0 Å². The van der Waals surface area contributed by atoms with E-state index in [9.17, 15) is 9.59 Å². The van der Waals surface area contributed by atoms with E-state index in [1.165, 1.54) is 17.4 Å². The maximum absolute atomic E-state index is 12.1. The van der Waals surface area contributed by atoms with Crippen molar-refractivity contribution in [2.75, 3.05) is 6.61 Å². The third-order valence-electron chi connectivity index (χ3n) is 3.88. The SMILES string of the molecule is CCOc1ccccc1CCC(=O)OCc1cc(=O)n2c(C)csc2n1. The van der Waals surface area contributed by atoms with E-state index in [-0.39, 0.29) is 24.6 Å². The number of hydrogen-bond donors (Lipinski definition) is 0. The smallest absolute Gasteiger partial charge is 0.306 e. The van der Waals surface area contributed by atoms with Crippen molar-refractivity contribution in [3.63, 3.8) is 0 Å². The zero-order valence-corrected chi connectivity index (χ0v) is 15.5. The maximum atomic E-state index is 12.1. The van der Waals surface area contributed by atoms with Gasteiger partial charge in [0.2, 0.25) is 0 Å². The minimum atomic E-state index is -0.333. The summed E-state index contributed by atoms with van der Waals surface area (Å²) in [5.74, 6) is 0.455. The Labute approximate surface area is 155 Å². The van der Waals surface area contributed by atoms with E-state index in [4.69, 9.17) is 9.47 Å². The molecule has 1 aromatic carbocycles. The van der Waals surface area contributed by atoms with Gasteiger partial charge in [0.15, 0.2) is 4.96 Å². The van der Waals surface area contributed by atoms with Gasteiger partial charge in [-0.1, -0.05) is 18.2 Å². The van der Waals surface area contributed by atoms with Crippen LogP contribution in [0.15, 0.2) is 40.5 Å². The van der Waals surface area contributed by atoms with Crippen LogP contribution >= 0.6 is 11.3 Å². The number of esters is 1. The van der Waals surface area contributed by atoms with Gasteiger partial charge in [0.25, 0.3) is 5.56 Å². The molecule has 0 amide bonds. The first-order valence-corrected chi connectivity index (χ1v) is 9.29. The first-order valence-electron chi connectivity index (χ1n) is 8.41. The number of aromatic nitrogens is 2. The molecule has 0 bridgehead atoms. The highest BCUT2D eigenvalue weighted by Gasteiger charge is 2.10. The van der Waals surface area contributed by atoms with Crippen molar-refractivity contribution in [3.05, 3.63) is 63.0 Å². The van der Waals surface area contributed by atoms with E-state index in [0.29, 0.717) is 23.7 Å². The Morgan fingerprint density at radius 3 is 2.92 bits per heavy atom. The summed E-state index contributed by atoms with van der Waals surface area (Å²) in [6.45, 7) is 4.35. The Morgan fingerprint density at radius 2 is 2.12 bits per heavy atom. The van der Waals surface area contributed by atoms with Gasteiger partial charge in [-0.05, 0) is 31.9 Å². The maximum Gasteiger partial charge on any atom is 0.306 e. The Balaban J connectivity index is 1.59. The van der Waals surface area contributed by atoms with Crippen molar-refractivity contribution >= 4 is 22.3 Å². The lowest BCUT2D eigenvalue weighted by Gasteiger charge is -2.09. The topological polar surface area (TPSA) is 69.9 Å². The molecule has 3 aromatic rings. The van der Waals surface area contributed by atoms with Crippen molar-refractivity contribution in [1.82, 2.24) is 9.38 Å². The van der Waals surface area contributed by atoms with Crippen molar-refractivity contribution in [2.24, 2.45) is 0 Å². The molecule has 0 aliphatic heterocycles. The normalized spacial score (nSPS) is 10.8. The zero-order chi connectivity index (χ0) is 18.5. The van der Waals surface area contributed by atoms with E-state index in [0.717, 1.165) is 17.0 Å². The van der Waals surface area contributed by atoms with E-state index < -0.39 is 0 Å². The molecular weight excluding hydrogens is 352 g/mol.